The van der Waals surface area contributed by atoms with E-state index in [9.17, 15) is 18.0 Å². The number of carbonyl (C=O) groups excluding carboxylic acids is 1. The number of halogens is 4. The molecule has 0 spiro atoms. The van der Waals surface area contributed by atoms with E-state index in [0.717, 1.165) is 13.1 Å². The van der Waals surface area contributed by atoms with Crippen LogP contribution in [0, 0.1) is 11.8 Å². The maximum atomic E-state index is 11.8. The number of amides is 1. The minimum atomic E-state index is -4.40. The van der Waals surface area contributed by atoms with Gasteiger partial charge in [0.25, 0.3) is 0 Å². The van der Waals surface area contributed by atoms with Gasteiger partial charge in [0.15, 0.2) is 0 Å². The van der Waals surface area contributed by atoms with Gasteiger partial charge in [-0.25, -0.2) is 0 Å². The van der Waals surface area contributed by atoms with Crippen molar-refractivity contribution in [2.24, 2.45) is 11.8 Å². The molecule has 2 fully saturated rings. The molecule has 3 atom stereocenters. The average molecular weight is 245 g/mol. The SMILES string of the molecule is Cl.O=C(CC(F)(F)F)NC1[C@H]2CNC[C@@H]12. The van der Waals surface area contributed by atoms with Crippen molar-refractivity contribution in [3.63, 3.8) is 0 Å². The predicted octanol–water partition coefficient (Wildman–Crippen LogP) is 0.695. The Morgan fingerprint density at radius 2 is 1.87 bits per heavy atom. The van der Waals surface area contributed by atoms with E-state index in [1.165, 1.54) is 0 Å². The molecule has 88 valence electrons. The molecule has 1 aliphatic carbocycles. The van der Waals surface area contributed by atoms with E-state index in [-0.39, 0.29) is 18.4 Å². The van der Waals surface area contributed by atoms with Gasteiger partial charge in [-0.3, -0.25) is 4.79 Å². The third kappa shape index (κ3) is 2.98. The predicted molar refractivity (Wildman–Crippen MR) is 49.7 cm³/mol. The van der Waals surface area contributed by atoms with Crippen LogP contribution < -0.4 is 10.6 Å². The van der Waals surface area contributed by atoms with Crippen molar-refractivity contribution >= 4 is 18.3 Å². The summed E-state index contributed by atoms with van der Waals surface area (Å²) in [5.74, 6) is -0.198. The van der Waals surface area contributed by atoms with Gasteiger partial charge >= 0.3 is 6.18 Å². The van der Waals surface area contributed by atoms with Crippen molar-refractivity contribution in [1.29, 1.82) is 0 Å². The highest BCUT2D eigenvalue weighted by Gasteiger charge is 2.53. The Balaban J connectivity index is 0.00000112. The zero-order valence-electron chi connectivity index (χ0n) is 7.80. The summed E-state index contributed by atoms with van der Waals surface area (Å²) < 4.78 is 35.4. The first-order valence-corrected chi connectivity index (χ1v) is 4.54. The Morgan fingerprint density at radius 1 is 1.33 bits per heavy atom. The summed E-state index contributed by atoms with van der Waals surface area (Å²) in [7, 11) is 0. The van der Waals surface area contributed by atoms with Crippen molar-refractivity contribution in [3.05, 3.63) is 0 Å². The summed E-state index contributed by atoms with van der Waals surface area (Å²) in [6.45, 7) is 1.61. The van der Waals surface area contributed by atoms with E-state index in [0.29, 0.717) is 11.8 Å². The smallest absolute Gasteiger partial charge is 0.352 e. The fourth-order valence-electron chi connectivity index (χ4n) is 2.05. The van der Waals surface area contributed by atoms with Crippen LogP contribution in [0.25, 0.3) is 0 Å². The average Bonchev–Trinajstić information content (AvgIpc) is 2.50. The van der Waals surface area contributed by atoms with Crippen LogP contribution in [0.5, 0.6) is 0 Å². The van der Waals surface area contributed by atoms with E-state index >= 15 is 0 Å². The minimum absolute atomic E-state index is 0. The van der Waals surface area contributed by atoms with Gasteiger partial charge in [-0.05, 0) is 11.8 Å². The molecule has 1 amide bonds. The zero-order chi connectivity index (χ0) is 10.3. The van der Waals surface area contributed by atoms with Crippen LogP contribution in [0.15, 0.2) is 0 Å². The molecule has 0 aromatic heterocycles. The first-order chi connectivity index (χ1) is 6.47. The summed E-state index contributed by atoms with van der Waals surface area (Å²) >= 11 is 0. The Morgan fingerprint density at radius 3 is 2.33 bits per heavy atom. The van der Waals surface area contributed by atoms with Gasteiger partial charge < -0.3 is 10.6 Å². The minimum Gasteiger partial charge on any atom is -0.352 e. The van der Waals surface area contributed by atoms with Crippen molar-refractivity contribution in [2.45, 2.75) is 18.6 Å². The second-order valence-electron chi connectivity index (χ2n) is 3.87. The highest BCUT2D eigenvalue weighted by molar-refractivity contribution is 5.85. The van der Waals surface area contributed by atoms with E-state index < -0.39 is 18.5 Å². The summed E-state index contributed by atoms with van der Waals surface area (Å²) in [5.41, 5.74) is 0. The van der Waals surface area contributed by atoms with Gasteiger partial charge in [-0.15, -0.1) is 12.4 Å². The number of carbonyl (C=O) groups is 1. The van der Waals surface area contributed by atoms with E-state index in [2.05, 4.69) is 10.6 Å². The first-order valence-electron chi connectivity index (χ1n) is 4.54. The topological polar surface area (TPSA) is 41.1 Å². The number of hydrogen-bond acceptors (Lipinski definition) is 2. The van der Waals surface area contributed by atoms with Crippen LogP contribution in [0.3, 0.4) is 0 Å². The summed E-state index contributed by atoms with van der Waals surface area (Å²) in [6, 6.07) is -0.0221. The number of nitrogens with one attached hydrogen (secondary N) is 2. The number of piperidine rings is 1. The van der Waals surface area contributed by atoms with Crippen molar-refractivity contribution in [2.75, 3.05) is 13.1 Å². The fraction of sp³-hybridized carbons (Fsp3) is 0.875. The Kier molecular flexibility index (Phi) is 3.50. The highest BCUT2D eigenvalue weighted by Crippen LogP contribution is 2.41. The van der Waals surface area contributed by atoms with E-state index in [1.54, 1.807) is 0 Å². The van der Waals surface area contributed by atoms with Crippen molar-refractivity contribution in [3.8, 4) is 0 Å². The van der Waals surface area contributed by atoms with Crippen LogP contribution in [-0.2, 0) is 4.79 Å². The van der Waals surface area contributed by atoms with Crippen LogP contribution in [0.4, 0.5) is 13.2 Å². The normalized spacial score (nSPS) is 32.9. The molecule has 2 N–H and O–H groups in total. The van der Waals surface area contributed by atoms with Gasteiger partial charge in [-0.2, -0.15) is 13.2 Å². The van der Waals surface area contributed by atoms with Crippen molar-refractivity contribution in [1.82, 2.24) is 10.6 Å². The molecule has 2 aliphatic rings. The van der Waals surface area contributed by atoms with Gasteiger partial charge in [-0.1, -0.05) is 0 Å². The maximum absolute atomic E-state index is 11.8. The molecule has 7 heteroatoms. The molecule has 1 unspecified atom stereocenters. The van der Waals surface area contributed by atoms with E-state index in [1.807, 2.05) is 0 Å². The number of hydrogen-bond donors (Lipinski definition) is 2. The van der Waals surface area contributed by atoms with Gasteiger partial charge in [0.1, 0.15) is 6.42 Å². The Hall–Kier alpha value is -0.490. The summed E-state index contributed by atoms with van der Waals surface area (Å²) in [4.78, 5) is 10.9. The lowest BCUT2D eigenvalue weighted by atomic mass is 10.3. The van der Waals surface area contributed by atoms with Gasteiger partial charge in [0.2, 0.25) is 5.91 Å². The van der Waals surface area contributed by atoms with Gasteiger partial charge in [0, 0.05) is 19.1 Å². The van der Waals surface area contributed by atoms with Crippen LogP contribution in [-0.4, -0.2) is 31.2 Å². The summed E-state index contributed by atoms with van der Waals surface area (Å²) in [6.07, 6.45) is -5.76. The maximum Gasteiger partial charge on any atom is 0.397 e. The molecule has 15 heavy (non-hydrogen) atoms. The molecule has 0 aromatic carbocycles. The highest BCUT2D eigenvalue weighted by atomic mass is 35.5. The zero-order valence-corrected chi connectivity index (χ0v) is 8.62. The number of fused-ring (bicyclic) bond motifs is 1. The molecule has 0 bridgehead atoms. The third-order valence-corrected chi connectivity index (χ3v) is 2.78. The lowest BCUT2D eigenvalue weighted by Crippen LogP contribution is -2.34. The molecular weight excluding hydrogens is 233 g/mol. The standard InChI is InChI=1S/C8H11F3N2O.ClH/c9-8(10,11)1-6(14)13-7-4-2-12-3-5(4)7;/h4-5,7,12H,1-3H2,(H,13,14);1H/t4-,5+,7?;. The van der Waals surface area contributed by atoms with Crippen molar-refractivity contribution < 1.29 is 18.0 Å². The quantitative estimate of drug-likeness (QED) is 0.751. The molecule has 2 rings (SSSR count). The first kappa shape index (κ1) is 12.6. The molecule has 1 heterocycles. The molecule has 1 saturated carbocycles. The Labute approximate surface area is 91.2 Å². The third-order valence-electron chi connectivity index (χ3n) is 2.78. The number of rotatable bonds is 2. The molecule has 0 aromatic rings. The van der Waals surface area contributed by atoms with Crippen LogP contribution >= 0.6 is 12.4 Å². The number of alkyl halides is 3. The molecule has 0 radical (unpaired) electrons. The monoisotopic (exact) mass is 244 g/mol. The molecule has 1 aliphatic heterocycles. The van der Waals surface area contributed by atoms with Crippen LogP contribution in [0.1, 0.15) is 6.42 Å². The van der Waals surface area contributed by atoms with E-state index in [4.69, 9.17) is 0 Å². The Bertz CT molecular complexity index is 249. The largest absolute Gasteiger partial charge is 0.397 e. The van der Waals surface area contributed by atoms with Crippen LogP contribution in [0.2, 0.25) is 0 Å². The lowest BCUT2D eigenvalue weighted by molar-refractivity contribution is -0.153. The fourth-order valence-corrected chi connectivity index (χ4v) is 2.05. The lowest BCUT2D eigenvalue weighted by Gasteiger charge is -2.09. The molecular formula is C8H12ClF3N2O. The second kappa shape index (κ2) is 4.17. The molecule has 3 nitrogen and oxygen atoms in total. The summed E-state index contributed by atoms with van der Waals surface area (Å²) in [5, 5.41) is 5.51. The molecule has 1 saturated heterocycles. The second-order valence-corrected chi connectivity index (χ2v) is 3.87. The van der Waals surface area contributed by atoms with Gasteiger partial charge in [0.05, 0.1) is 0 Å².